The van der Waals surface area contributed by atoms with Gasteiger partial charge in [0.25, 0.3) is 5.91 Å². The summed E-state index contributed by atoms with van der Waals surface area (Å²) in [5, 5.41) is 0. The Bertz CT molecular complexity index is 848. The zero-order chi connectivity index (χ0) is 19.0. The van der Waals surface area contributed by atoms with Crippen molar-refractivity contribution in [1.82, 2.24) is 4.90 Å². The molecule has 0 aromatic heterocycles. The SMILES string of the molecule is C#CC(=O)N(C)C1CCCN(c2ccc(C(N)=O)c3c2C(C)=C(C)C3)C1. The lowest BCUT2D eigenvalue weighted by Gasteiger charge is -2.39. The van der Waals surface area contributed by atoms with E-state index in [2.05, 4.69) is 24.7 Å². The Hall–Kier alpha value is -2.74. The van der Waals surface area contributed by atoms with Crippen molar-refractivity contribution in [2.45, 2.75) is 39.2 Å². The Morgan fingerprint density at radius 2 is 2.08 bits per heavy atom. The first-order valence-corrected chi connectivity index (χ1v) is 8.95. The molecule has 1 fully saturated rings. The van der Waals surface area contributed by atoms with Crippen LogP contribution in [0.1, 0.15) is 48.2 Å². The van der Waals surface area contributed by atoms with E-state index in [1.807, 2.05) is 12.1 Å². The normalized spacial score (nSPS) is 19.2. The third-order valence-electron chi connectivity index (χ3n) is 5.74. The summed E-state index contributed by atoms with van der Waals surface area (Å²) in [6, 6.07) is 3.92. The number of nitrogens with zero attached hydrogens (tertiary/aromatic N) is 2. The number of allylic oxidation sites excluding steroid dienone is 2. The fraction of sp³-hybridized carbons (Fsp3) is 0.429. The van der Waals surface area contributed by atoms with Crippen molar-refractivity contribution in [3.63, 3.8) is 0 Å². The Morgan fingerprint density at radius 1 is 1.35 bits per heavy atom. The number of amides is 2. The van der Waals surface area contributed by atoms with E-state index in [1.54, 1.807) is 11.9 Å². The third kappa shape index (κ3) is 2.96. The third-order valence-corrected chi connectivity index (χ3v) is 5.74. The van der Waals surface area contributed by atoms with Crippen molar-refractivity contribution in [1.29, 1.82) is 0 Å². The number of hydrogen-bond acceptors (Lipinski definition) is 3. The molecule has 1 aliphatic carbocycles. The van der Waals surface area contributed by atoms with Crippen LogP contribution in [0.2, 0.25) is 0 Å². The molecule has 1 heterocycles. The van der Waals surface area contributed by atoms with Crippen LogP contribution >= 0.6 is 0 Å². The molecule has 0 saturated carbocycles. The molecule has 2 N–H and O–H groups in total. The second-order valence-electron chi connectivity index (χ2n) is 7.23. The number of benzene rings is 1. The Labute approximate surface area is 154 Å². The molecule has 5 nitrogen and oxygen atoms in total. The standard InChI is InChI=1S/C21H25N3O2/c1-5-19(25)23(4)15-7-6-10-24(12-15)18-9-8-16(21(22)26)17-11-13(2)14(3)20(17)18/h1,8-9,15H,6-7,10-12H2,2-4H3,(H2,22,26). The van der Waals surface area contributed by atoms with Crippen LogP contribution in [0.4, 0.5) is 5.69 Å². The van der Waals surface area contributed by atoms with E-state index in [-0.39, 0.29) is 17.9 Å². The van der Waals surface area contributed by atoms with Crippen LogP contribution < -0.4 is 10.6 Å². The molecule has 1 aromatic rings. The monoisotopic (exact) mass is 351 g/mol. The highest BCUT2D eigenvalue weighted by atomic mass is 16.2. The number of fused-ring (bicyclic) bond motifs is 1. The van der Waals surface area contributed by atoms with Gasteiger partial charge in [-0.2, -0.15) is 0 Å². The molecule has 0 bridgehead atoms. The molecule has 1 aliphatic heterocycles. The molecule has 0 spiro atoms. The van der Waals surface area contributed by atoms with Crippen LogP contribution in [0.25, 0.3) is 5.57 Å². The number of primary amides is 1. The zero-order valence-electron chi connectivity index (χ0n) is 15.6. The maximum Gasteiger partial charge on any atom is 0.298 e. The first-order valence-electron chi connectivity index (χ1n) is 8.95. The predicted octanol–water partition coefficient (Wildman–Crippen LogP) is 2.20. The molecule has 0 radical (unpaired) electrons. The van der Waals surface area contributed by atoms with Crippen molar-refractivity contribution < 1.29 is 9.59 Å². The summed E-state index contributed by atoms with van der Waals surface area (Å²) in [4.78, 5) is 27.7. The van der Waals surface area contributed by atoms with Gasteiger partial charge >= 0.3 is 0 Å². The van der Waals surface area contributed by atoms with Gasteiger partial charge in [0.05, 0.1) is 0 Å². The van der Waals surface area contributed by atoms with Crippen LogP contribution in [0.5, 0.6) is 0 Å². The Morgan fingerprint density at radius 3 is 2.73 bits per heavy atom. The van der Waals surface area contributed by atoms with E-state index in [9.17, 15) is 9.59 Å². The second-order valence-corrected chi connectivity index (χ2v) is 7.23. The van der Waals surface area contributed by atoms with Crippen LogP contribution in [0.15, 0.2) is 17.7 Å². The average Bonchev–Trinajstić information content (AvgIpc) is 2.94. The van der Waals surface area contributed by atoms with Gasteiger partial charge in [-0.05, 0) is 62.3 Å². The fourth-order valence-corrected chi connectivity index (χ4v) is 4.10. The smallest absolute Gasteiger partial charge is 0.298 e. The van der Waals surface area contributed by atoms with Crippen molar-refractivity contribution in [3.05, 3.63) is 34.4 Å². The van der Waals surface area contributed by atoms with Gasteiger partial charge in [0, 0.05) is 43.0 Å². The predicted molar refractivity (Wildman–Crippen MR) is 104 cm³/mol. The van der Waals surface area contributed by atoms with E-state index in [0.29, 0.717) is 5.56 Å². The van der Waals surface area contributed by atoms with Crippen molar-refractivity contribution in [2.24, 2.45) is 5.73 Å². The van der Waals surface area contributed by atoms with Crippen molar-refractivity contribution in [2.75, 3.05) is 25.0 Å². The zero-order valence-corrected chi connectivity index (χ0v) is 15.6. The van der Waals surface area contributed by atoms with Crippen molar-refractivity contribution >= 4 is 23.1 Å². The maximum atomic E-state index is 11.9. The summed E-state index contributed by atoms with van der Waals surface area (Å²) in [6.07, 6.45) is 7.96. The molecule has 2 aliphatic rings. The highest BCUT2D eigenvalue weighted by Gasteiger charge is 2.30. The lowest BCUT2D eigenvalue weighted by Crippen LogP contribution is -2.48. The fourth-order valence-electron chi connectivity index (χ4n) is 4.10. The minimum absolute atomic E-state index is 0.0885. The minimum atomic E-state index is -0.383. The minimum Gasteiger partial charge on any atom is -0.369 e. The van der Waals surface area contributed by atoms with E-state index in [4.69, 9.17) is 12.2 Å². The Balaban J connectivity index is 1.98. The van der Waals surface area contributed by atoms with Gasteiger partial charge in [-0.25, -0.2) is 0 Å². The summed E-state index contributed by atoms with van der Waals surface area (Å²) < 4.78 is 0. The molecular formula is C21H25N3O2. The number of rotatable bonds is 3. The summed E-state index contributed by atoms with van der Waals surface area (Å²) in [5.74, 6) is 1.54. The van der Waals surface area contributed by atoms with Crippen LogP contribution in [0, 0.1) is 12.3 Å². The largest absolute Gasteiger partial charge is 0.369 e. The molecule has 1 unspecified atom stereocenters. The lowest BCUT2D eigenvalue weighted by atomic mass is 9.95. The molecule has 5 heteroatoms. The molecule has 1 saturated heterocycles. The molecule has 26 heavy (non-hydrogen) atoms. The average molecular weight is 351 g/mol. The number of carbonyl (C=O) groups excluding carboxylic acids is 2. The molecule has 2 amide bonds. The van der Waals surface area contributed by atoms with Crippen molar-refractivity contribution in [3.8, 4) is 12.3 Å². The van der Waals surface area contributed by atoms with E-state index in [0.717, 1.165) is 49.2 Å². The number of hydrogen-bond donors (Lipinski definition) is 1. The van der Waals surface area contributed by atoms with Gasteiger partial charge in [-0.15, -0.1) is 6.42 Å². The molecule has 1 atom stereocenters. The number of carbonyl (C=O) groups is 2. The lowest BCUT2D eigenvalue weighted by molar-refractivity contribution is -0.126. The van der Waals surface area contributed by atoms with Gasteiger partial charge in [0.15, 0.2) is 0 Å². The van der Waals surface area contributed by atoms with E-state index in [1.165, 1.54) is 11.1 Å². The van der Waals surface area contributed by atoms with Gasteiger partial charge in [-0.1, -0.05) is 5.57 Å². The van der Waals surface area contributed by atoms with Crippen LogP contribution in [0.3, 0.4) is 0 Å². The number of piperidine rings is 1. The molecular weight excluding hydrogens is 326 g/mol. The summed E-state index contributed by atoms with van der Waals surface area (Å²) >= 11 is 0. The number of anilines is 1. The molecule has 3 rings (SSSR count). The van der Waals surface area contributed by atoms with Gasteiger partial charge in [0.2, 0.25) is 5.91 Å². The topological polar surface area (TPSA) is 66.6 Å². The number of terminal acetylenes is 1. The maximum absolute atomic E-state index is 11.9. The van der Waals surface area contributed by atoms with E-state index >= 15 is 0 Å². The van der Waals surface area contributed by atoms with Crippen LogP contribution in [-0.4, -0.2) is 42.9 Å². The number of nitrogens with two attached hydrogens (primary N) is 1. The Kier molecular flexibility index (Phi) is 4.78. The van der Waals surface area contributed by atoms with Crippen LogP contribution in [-0.2, 0) is 11.2 Å². The summed E-state index contributed by atoms with van der Waals surface area (Å²) in [5.41, 5.74) is 11.9. The first-order chi connectivity index (χ1) is 12.3. The molecule has 1 aromatic carbocycles. The highest BCUT2D eigenvalue weighted by molar-refractivity contribution is 5.99. The number of likely N-dealkylation sites (N-methyl/N-ethyl adjacent to an activating group) is 1. The first kappa shape index (κ1) is 18.1. The van der Waals surface area contributed by atoms with Gasteiger partial charge < -0.3 is 15.5 Å². The summed E-state index contributed by atoms with van der Waals surface area (Å²) in [6.45, 7) is 5.86. The quantitative estimate of drug-likeness (QED) is 0.849. The van der Waals surface area contributed by atoms with Gasteiger partial charge in [0.1, 0.15) is 0 Å². The second kappa shape index (κ2) is 6.87. The summed E-state index contributed by atoms with van der Waals surface area (Å²) in [7, 11) is 1.77. The van der Waals surface area contributed by atoms with E-state index < -0.39 is 0 Å². The molecule has 136 valence electrons. The highest BCUT2D eigenvalue weighted by Crippen LogP contribution is 2.41. The van der Waals surface area contributed by atoms with Gasteiger partial charge in [-0.3, -0.25) is 9.59 Å².